The highest BCUT2D eigenvalue weighted by molar-refractivity contribution is 7.88. The van der Waals surface area contributed by atoms with Gasteiger partial charge in [-0.3, -0.25) is 4.68 Å². The molecule has 3 aromatic rings. The second kappa shape index (κ2) is 9.61. The van der Waals surface area contributed by atoms with E-state index < -0.39 is 32.7 Å². The van der Waals surface area contributed by atoms with E-state index in [2.05, 4.69) is 9.28 Å². The van der Waals surface area contributed by atoms with Crippen molar-refractivity contribution in [2.75, 3.05) is 20.3 Å². The summed E-state index contributed by atoms with van der Waals surface area (Å²) in [4.78, 5) is 0. The van der Waals surface area contributed by atoms with Crippen molar-refractivity contribution in [1.29, 1.82) is 5.26 Å². The standard InChI is InChI=1S/C25H22F3N3O6S/c1-34-18-4-2-16(3-5-18)14-31-15-21-19(17-6-8-24(9-7-17)35-10-11-36-24)12-22(20(13-29)23(21)30-31)37-38(32,33)25(26,27)28/h2-6,12,15H,7-11,14H2,1H3. The van der Waals surface area contributed by atoms with Crippen molar-refractivity contribution >= 4 is 26.6 Å². The van der Waals surface area contributed by atoms with Gasteiger partial charge in [-0.15, -0.1) is 0 Å². The molecule has 0 bridgehead atoms. The number of nitrogens with zero attached hydrogens (tertiary/aromatic N) is 3. The Labute approximate surface area is 216 Å². The van der Waals surface area contributed by atoms with E-state index in [0.717, 1.165) is 17.2 Å². The molecule has 2 aromatic carbocycles. The summed E-state index contributed by atoms with van der Waals surface area (Å²) < 4.78 is 85.7. The van der Waals surface area contributed by atoms with Crippen LogP contribution in [0.3, 0.4) is 0 Å². The summed E-state index contributed by atoms with van der Waals surface area (Å²) in [7, 11) is -4.48. The minimum Gasteiger partial charge on any atom is -0.497 e. The average molecular weight is 550 g/mol. The molecule has 0 radical (unpaired) electrons. The average Bonchev–Trinajstić information content (AvgIpc) is 3.51. The van der Waals surface area contributed by atoms with Gasteiger partial charge in [0.15, 0.2) is 11.5 Å². The van der Waals surface area contributed by atoms with Crippen molar-refractivity contribution in [2.24, 2.45) is 0 Å². The summed E-state index contributed by atoms with van der Waals surface area (Å²) in [5.74, 6) is -0.818. The molecule has 1 aliphatic carbocycles. The van der Waals surface area contributed by atoms with Crippen LogP contribution >= 0.6 is 0 Å². The highest BCUT2D eigenvalue weighted by Gasteiger charge is 2.49. The normalized spacial score (nSPS) is 17.4. The number of hydrogen-bond acceptors (Lipinski definition) is 8. The maximum atomic E-state index is 13.1. The highest BCUT2D eigenvalue weighted by atomic mass is 32.2. The van der Waals surface area contributed by atoms with E-state index >= 15 is 0 Å². The zero-order chi connectivity index (χ0) is 27.1. The molecule has 0 atom stereocenters. The molecule has 0 unspecified atom stereocenters. The molecule has 1 saturated heterocycles. The number of rotatable bonds is 6. The first-order valence-corrected chi connectivity index (χ1v) is 13.0. The minimum absolute atomic E-state index is 0.0282. The molecule has 9 nitrogen and oxygen atoms in total. The summed E-state index contributed by atoms with van der Waals surface area (Å²) >= 11 is 0. The molecule has 2 aliphatic rings. The van der Waals surface area contributed by atoms with Gasteiger partial charge < -0.3 is 18.4 Å². The van der Waals surface area contributed by atoms with Crippen LogP contribution in [0.1, 0.15) is 36.0 Å². The van der Waals surface area contributed by atoms with Gasteiger partial charge in [0, 0.05) is 24.4 Å². The Morgan fingerprint density at radius 2 is 1.92 bits per heavy atom. The van der Waals surface area contributed by atoms with Gasteiger partial charge in [-0.25, -0.2) is 0 Å². The first-order chi connectivity index (χ1) is 18.0. The molecule has 1 spiro atoms. The minimum atomic E-state index is -6.02. The predicted octanol–water partition coefficient (Wildman–Crippen LogP) is 4.50. The van der Waals surface area contributed by atoms with Gasteiger partial charge in [-0.1, -0.05) is 18.2 Å². The van der Waals surface area contributed by atoms with Gasteiger partial charge in [0.1, 0.15) is 22.9 Å². The SMILES string of the molecule is COc1ccc(Cn2cc3c(C4=CCC5(CC4)OCCO5)cc(OS(=O)(=O)C(F)(F)F)c(C#N)c3n2)cc1. The fourth-order valence-corrected chi connectivity index (χ4v) is 5.08. The number of halogens is 3. The molecule has 200 valence electrons. The molecule has 38 heavy (non-hydrogen) atoms. The Balaban J connectivity index is 1.62. The third-order valence-electron chi connectivity index (χ3n) is 6.50. The fourth-order valence-electron chi connectivity index (χ4n) is 4.62. The summed E-state index contributed by atoms with van der Waals surface area (Å²) in [6.45, 7) is 1.22. The fraction of sp³-hybridized carbons (Fsp3) is 0.360. The molecular weight excluding hydrogens is 527 g/mol. The van der Waals surface area contributed by atoms with Crippen LogP contribution in [-0.2, 0) is 26.1 Å². The molecule has 1 fully saturated rings. The van der Waals surface area contributed by atoms with Crippen LogP contribution in [0.2, 0.25) is 0 Å². The smallest absolute Gasteiger partial charge is 0.497 e. The van der Waals surface area contributed by atoms with Gasteiger partial charge in [-0.2, -0.15) is 31.9 Å². The molecule has 0 amide bonds. The van der Waals surface area contributed by atoms with Crippen LogP contribution in [0.4, 0.5) is 13.2 Å². The zero-order valence-corrected chi connectivity index (χ0v) is 20.9. The van der Waals surface area contributed by atoms with E-state index in [1.54, 1.807) is 31.5 Å². The number of allylic oxidation sites excluding steroid dienone is 1. The van der Waals surface area contributed by atoms with E-state index in [-0.39, 0.29) is 12.1 Å². The molecule has 13 heteroatoms. The number of nitriles is 1. The Bertz CT molecular complexity index is 1550. The van der Waals surface area contributed by atoms with Crippen LogP contribution < -0.4 is 8.92 Å². The van der Waals surface area contributed by atoms with Crippen LogP contribution in [0.15, 0.2) is 42.6 Å². The Morgan fingerprint density at radius 1 is 1.21 bits per heavy atom. The number of ether oxygens (including phenoxy) is 3. The summed E-state index contributed by atoms with van der Waals surface area (Å²) in [6.07, 6.45) is 4.86. The molecule has 0 N–H and O–H groups in total. The first-order valence-electron chi connectivity index (χ1n) is 11.6. The maximum Gasteiger partial charge on any atom is 0.534 e. The van der Waals surface area contributed by atoms with Crippen LogP contribution in [-0.4, -0.2) is 49.8 Å². The Morgan fingerprint density at radius 3 is 2.50 bits per heavy atom. The number of methoxy groups -OCH3 is 1. The lowest BCUT2D eigenvalue weighted by Gasteiger charge is -2.31. The number of alkyl halides is 3. The lowest BCUT2D eigenvalue weighted by Crippen LogP contribution is -2.31. The van der Waals surface area contributed by atoms with Crippen molar-refractivity contribution in [3.8, 4) is 17.6 Å². The molecule has 5 rings (SSSR count). The largest absolute Gasteiger partial charge is 0.534 e. The van der Waals surface area contributed by atoms with E-state index in [9.17, 15) is 26.9 Å². The molecular formula is C25H22F3N3O6S. The maximum absolute atomic E-state index is 13.1. The van der Waals surface area contributed by atoms with Crippen molar-refractivity contribution in [3.63, 3.8) is 0 Å². The number of benzene rings is 2. The second-order valence-electron chi connectivity index (χ2n) is 8.87. The monoisotopic (exact) mass is 549 g/mol. The van der Waals surface area contributed by atoms with E-state index in [1.165, 1.54) is 4.68 Å². The number of fused-ring (bicyclic) bond motifs is 1. The highest BCUT2D eigenvalue weighted by Crippen LogP contribution is 2.42. The van der Waals surface area contributed by atoms with E-state index in [1.807, 2.05) is 18.2 Å². The van der Waals surface area contributed by atoms with Gasteiger partial charge in [0.2, 0.25) is 0 Å². The van der Waals surface area contributed by atoms with Crippen LogP contribution in [0.25, 0.3) is 16.5 Å². The van der Waals surface area contributed by atoms with Gasteiger partial charge in [0.05, 0.1) is 26.9 Å². The van der Waals surface area contributed by atoms with Crippen molar-refractivity contribution in [1.82, 2.24) is 9.78 Å². The summed E-state index contributed by atoms with van der Waals surface area (Å²) in [6, 6.07) is 10.1. The van der Waals surface area contributed by atoms with Crippen molar-refractivity contribution in [3.05, 3.63) is 59.3 Å². The predicted molar refractivity (Wildman–Crippen MR) is 129 cm³/mol. The molecule has 1 aromatic heterocycles. The second-order valence-corrected chi connectivity index (χ2v) is 10.4. The van der Waals surface area contributed by atoms with Crippen LogP contribution in [0.5, 0.6) is 11.5 Å². The quantitative estimate of drug-likeness (QED) is 0.326. The zero-order valence-electron chi connectivity index (χ0n) is 20.1. The summed E-state index contributed by atoms with van der Waals surface area (Å²) in [5.41, 5.74) is -4.07. The van der Waals surface area contributed by atoms with Gasteiger partial charge in [-0.05, 0) is 41.3 Å². The molecule has 1 aliphatic heterocycles. The van der Waals surface area contributed by atoms with Gasteiger partial charge >= 0.3 is 15.6 Å². The molecule has 0 saturated carbocycles. The molecule has 2 heterocycles. The number of aromatic nitrogens is 2. The van der Waals surface area contributed by atoms with Gasteiger partial charge in [0.25, 0.3) is 0 Å². The van der Waals surface area contributed by atoms with E-state index in [4.69, 9.17) is 14.2 Å². The van der Waals surface area contributed by atoms with Crippen LogP contribution in [0, 0.1) is 11.3 Å². The van der Waals surface area contributed by atoms with Crippen molar-refractivity contribution in [2.45, 2.75) is 37.1 Å². The third-order valence-corrected chi connectivity index (χ3v) is 7.47. The number of hydrogen-bond donors (Lipinski definition) is 0. The Hall–Kier alpha value is -3.60. The van der Waals surface area contributed by atoms with Crippen molar-refractivity contribution < 1.29 is 40.0 Å². The van der Waals surface area contributed by atoms with E-state index in [0.29, 0.717) is 49.2 Å². The lowest BCUT2D eigenvalue weighted by molar-refractivity contribution is -0.159. The Kier molecular flexibility index (Phi) is 6.58. The topological polar surface area (TPSA) is 113 Å². The first kappa shape index (κ1) is 26.0. The third kappa shape index (κ3) is 4.82. The lowest BCUT2D eigenvalue weighted by atomic mass is 9.88. The summed E-state index contributed by atoms with van der Waals surface area (Å²) in [5, 5.41) is 14.7.